The lowest BCUT2D eigenvalue weighted by atomic mass is 9.68. The van der Waals surface area contributed by atoms with Gasteiger partial charge in [0.2, 0.25) is 0 Å². The maximum atomic E-state index is 13.0. The number of Topliss-reactive ketones (excluding diaryl/α,β-unsaturated/α-hetero) is 1. The summed E-state index contributed by atoms with van der Waals surface area (Å²) in [6.07, 6.45) is 2.18. The van der Waals surface area contributed by atoms with Crippen molar-refractivity contribution < 1.29 is 14.3 Å². The lowest BCUT2D eigenvalue weighted by molar-refractivity contribution is -0.139. The average molecular weight is 375 g/mol. The Bertz CT molecular complexity index is 1030. The highest BCUT2D eigenvalue weighted by molar-refractivity contribution is 6.12. The number of benzene rings is 2. The second-order valence-corrected chi connectivity index (χ2v) is 7.62. The van der Waals surface area contributed by atoms with E-state index in [1.807, 2.05) is 19.1 Å². The molecule has 0 amide bonds. The standard InChI is InChI=1S/C24H25NO3/c1-4-28-24(27)21-15(3)25-19-10-7-11-20(26)23(19)22(21)18-13-12-14(2)16-8-5-6-9-17(16)18/h5-6,8-9,12-13,22-23H,4,7,10-11H2,1-3H3. The second-order valence-electron chi connectivity index (χ2n) is 7.62. The van der Waals surface area contributed by atoms with Crippen LogP contribution in [0.15, 0.2) is 52.7 Å². The van der Waals surface area contributed by atoms with Crippen molar-refractivity contribution >= 4 is 28.2 Å². The molecule has 2 aromatic rings. The molecule has 4 heteroatoms. The van der Waals surface area contributed by atoms with E-state index in [4.69, 9.17) is 4.74 Å². The molecule has 0 radical (unpaired) electrons. The van der Waals surface area contributed by atoms with Crippen LogP contribution in [-0.2, 0) is 14.3 Å². The molecule has 2 aliphatic rings. The number of aliphatic imine (C=N–C) groups is 1. The summed E-state index contributed by atoms with van der Waals surface area (Å²) in [7, 11) is 0. The minimum Gasteiger partial charge on any atom is -0.463 e. The normalized spacial score (nSPS) is 22.1. The predicted molar refractivity (Wildman–Crippen MR) is 111 cm³/mol. The van der Waals surface area contributed by atoms with Gasteiger partial charge in [-0.05, 0) is 55.5 Å². The van der Waals surface area contributed by atoms with Gasteiger partial charge in [0.15, 0.2) is 0 Å². The number of nitrogens with zero attached hydrogens (tertiary/aromatic N) is 1. The van der Waals surface area contributed by atoms with E-state index in [1.165, 1.54) is 5.56 Å². The molecule has 0 saturated heterocycles. The third-order valence-corrected chi connectivity index (χ3v) is 5.91. The first kappa shape index (κ1) is 18.6. The van der Waals surface area contributed by atoms with Crippen LogP contribution in [0.3, 0.4) is 0 Å². The molecule has 2 unspecified atom stereocenters. The number of rotatable bonds is 3. The monoisotopic (exact) mass is 375 g/mol. The van der Waals surface area contributed by atoms with Crippen molar-refractivity contribution in [1.29, 1.82) is 0 Å². The molecule has 1 aliphatic heterocycles. The fraction of sp³-hybridized carbons (Fsp3) is 0.375. The zero-order valence-corrected chi connectivity index (χ0v) is 16.6. The van der Waals surface area contributed by atoms with E-state index in [9.17, 15) is 9.59 Å². The molecule has 1 fully saturated rings. The number of aryl methyl sites for hydroxylation is 1. The molecule has 0 aromatic heterocycles. The summed E-state index contributed by atoms with van der Waals surface area (Å²) >= 11 is 0. The molecule has 4 rings (SSSR count). The van der Waals surface area contributed by atoms with Gasteiger partial charge in [-0.15, -0.1) is 0 Å². The Morgan fingerprint density at radius 1 is 1.07 bits per heavy atom. The van der Waals surface area contributed by atoms with Crippen molar-refractivity contribution in [3.8, 4) is 0 Å². The Morgan fingerprint density at radius 2 is 1.82 bits per heavy atom. The van der Waals surface area contributed by atoms with Crippen molar-refractivity contribution in [2.45, 2.75) is 46.0 Å². The van der Waals surface area contributed by atoms with E-state index < -0.39 is 0 Å². The summed E-state index contributed by atoms with van der Waals surface area (Å²) < 4.78 is 5.38. The summed E-state index contributed by atoms with van der Waals surface area (Å²) in [6.45, 7) is 6.04. The van der Waals surface area contributed by atoms with Crippen molar-refractivity contribution in [3.63, 3.8) is 0 Å². The van der Waals surface area contributed by atoms with Crippen LogP contribution in [0.1, 0.15) is 50.2 Å². The van der Waals surface area contributed by atoms with E-state index in [1.54, 1.807) is 6.92 Å². The third-order valence-electron chi connectivity index (χ3n) is 5.91. The van der Waals surface area contributed by atoms with E-state index in [-0.39, 0.29) is 23.6 Å². The number of carbonyl (C=O) groups excluding carboxylic acids is 2. The molecule has 1 heterocycles. The van der Waals surface area contributed by atoms with Crippen LogP contribution in [0.4, 0.5) is 0 Å². The van der Waals surface area contributed by atoms with E-state index in [0.29, 0.717) is 24.3 Å². The molecule has 1 saturated carbocycles. The number of hydrogen-bond acceptors (Lipinski definition) is 4. The van der Waals surface area contributed by atoms with Crippen LogP contribution in [0, 0.1) is 12.8 Å². The number of ether oxygens (including phenoxy) is 1. The Labute approximate surface area is 165 Å². The maximum Gasteiger partial charge on any atom is 0.336 e. The zero-order valence-electron chi connectivity index (χ0n) is 16.6. The van der Waals surface area contributed by atoms with Crippen molar-refractivity contribution in [3.05, 3.63) is 58.8 Å². The summed E-state index contributed by atoms with van der Waals surface area (Å²) in [5, 5.41) is 2.23. The first-order valence-electron chi connectivity index (χ1n) is 9.99. The van der Waals surface area contributed by atoms with Crippen LogP contribution in [0.25, 0.3) is 10.8 Å². The van der Waals surface area contributed by atoms with E-state index in [0.717, 1.165) is 34.9 Å². The molecule has 1 aliphatic carbocycles. The summed E-state index contributed by atoms with van der Waals surface area (Å²) in [6, 6.07) is 12.3. The Balaban J connectivity index is 1.98. The predicted octanol–water partition coefficient (Wildman–Crippen LogP) is 4.89. The minimum atomic E-state index is -0.372. The van der Waals surface area contributed by atoms with Gasteiger partial charge >= 0.3 is 5.97 Å². The van der Waals surface area contributed by atoms with Gasteiger partial charge in [0.1, 0.15) is 5.78 Å². The molecular formula is C24H25NO3. The van der Waals surface area contributed by atoms with E-state index in [2.05, 4.69) is 36.2 Å². The second kappa shape index (κ2) is 7.34. The SMILES string of the molecule is CCOC(=O)C1=C(C)N=C2CCCC(=O)C2C1c1ccc(C)c2ccccc12. The zero-order chi connectivity index (χ0) is 19.8. The minimum absolute atomic E-state index is 0.175. The van der Waals surface area contributed by atoms with E-state index >= 15 is 0 Å². The fourth-order valence-corrected chi connectivity index (χ4v) is 4.67. The van der Waals surface area contributed by atoms with Gasteiger partial charge in [-0.25, -0.2) is 4.79 Å². The first-order chi connectivity index (χ1) is 13.5. The van der Waals surface area contributed by atoms with Crippen molar-refractivity contribution in [2.75, 3.05) is 6.61 Å². The van der Waals surface area contributed by atoms with Gasteiger partial charge in [-0.1, -0.05) is 36.4 Å². The molecule has 0 bridgehead atoms. The average Bonchev–Trinajstić information content (AvgIpc) is 2.68. The van der Waals surface area contributed by atoms with Gasteiger partial charge in [-0.3, -0.25) is 9.79 Å². The molecular weight excluding hydrogens is 350 g/mol. The van der Waals surface area contributed by atoms with Crippen LogP contribution in [-0.4, -0.2) is 24.1 Å². The maximum absolute atomic E-state index is 13.0. The molecule has 2 atom stereocenters. The van der Waals surface area contributed by atoms with Crippen LogP contribution >= 0.6 is 0 Å². The van der Waals surface area contributed by atoms with Crippen molar-refractivity contribution in [2.24, 2.45) is 10.9 Å². The number of esters is 1. The summed E-state index contributed by atoms with van der Waals surface area (Å²) in [5.74, 6) is -0.905. The molecule has 4 nitrogen and oxygen atoms in total. The quantitative estimate of drug-likeness (QED) is 0.718. The van der Waals surface area contributed by atoms with Crippen LogP contribution in [0.5, 0.6) is 0 Å². The summed E-state index contributed by atoms with van der Waals surface area (Å²) in [5.41, 5.74) is 4.30. The summed E-state index contributed by atoms with van der Waals surface area (Å²) in [4.78, 5) is 30.6. The number of ketones is 1. The third kappa shape index (κ3) is 2.97. The first-order valence-corrected chi connectivity index (χ1v) is 9.99. The smallest absolute Gasteiger partial charge is 0.336 e. The van der Waals surface area contributed by atoms with Gasteiger partial charge in [-0.2, -0.15) is 0 Å². The molecule has 0 spiro atoms. The largest absolute Gasteiger partial charge is 0.463 e. The topological polar surface area (TPSA) is 55.7 Å². The highest BCUT2D eigenvalue weighted by Crippen LogP contribution is 2.45. The molecule has 144 valence electrons. The number of hydrogen-bond donors (Lipinski definition) is 0. The van der Waals surface area contributed by atoms with Crippen molar-refractivity contribution in [1.82, 2.24) is 0 Å². The Morgan fingerprint density at radius 3 is 2.57 bits per heavy atom. The lowest BCUT2D eigenvalue weighted by Gasteiger charge is -2.36. The molecule has 2 aromatic carbocycles. The molecule has 0 N–H and O–H groups in total. The number of fused-ring (bicyclic) bond motifs is 2. The number of carbonyl (C=O) groups is 2. The number of allylic oxidation sites excluding steroid dienone is 1. The Hall–Kier alpha value is -2.75. The van der Waals surface area contributed by atoms with Gasteiger partial charge in [0, 0.05) is 23.7 Å². The Kier molecular flexibility index (Phi) is 4.88. The highest BCUT2D eigenvalue weighted by atomic mass is 16.5. The van der Waals surface area contributed by atoms with Crippen LogP contribution in [0.2, 0.25) is 0 Å². The van der Waals surface area contributed by atoms with Crippen LogP contribution < -0.4 is 0 Å². The lowest BCUT2D eigenvalue weighted by Crippen LogP contribution is -2.39. The van der Waals surface area contributed by atoms with Gasteiger partial charge in [0.05, 0.1) is 18.1 Å². The fourth-order valence-electron chi connectivity index (χ4n) is 4.67. The van der Waals surface area contributed by atoms with Gasteiger partial charge in [0.25, 0.3) is 0 Å². The molecule has 28 heavy (non-hydrogen) atoms. The highest BCUT2D eigenvalue weighted by Gasteiger charge is 2.44. The van der Waals surface area contributed by atoms with Gasteiger partial charge < -0.3 is 4.74 Å².